The number of fused-ring (bicyclic) bond motifs is 4. The SMILES string of the molecule is Oc1ccc(C=Cc2c(CCc3ccc([C@H]4C=CC5=C[C@H]6CCC[C@@]67CC[C@@]68CCC[C@@H]6C=C[C@H](O)[C@@H]8[C@]7(C6=NCN=C6)[C@H]5N4)cc3)c(O)c(O)c3c(O)cccc23)cc1O. The first-order chi connectivity index (χ1) is 29.6. The third-order valence-electron chi connectivity index (χ3n) is 16.4. The highest BCUT2D eigenvalue weighted by Gasteiger charge is 2.75. The Morgan fingerprint density at radius 3 is 2.43 bits per heavy atom. The second-order valence-corrected chi connectivity index (χ2v) is 18.8. The maximum Gasteiger partial charge on any atom is 0.169 e. The third kappa shape index (κ3) is 5.52. The molecule has 0 bridgehead atoms. The maximum atomic E-state index is 12.4. The van der Waals surface area contributed by atoms with Gasteiger partial charge in [-0.3, -0.25) is 15.3 Å². The van der Waals surface area contributed by atoms with Gasteiger partial charge in [0.25, 0.3) is 0 Å². The average molecular weight is 816 g/mol. The molecule has 9 nitrogen and oxygen atoms in total. The molecule has 2 aliphatic heterocycles. The molecule has 9 atom stereocenters. The number of phenols is 5. The lowest BCUT2D eigenvalue weighted by Gasteiger charge is -2.70. The number of allylic oxidation sites excluding steroid dienone is 2. The van der Waals surface area contributed by atoms with Crippen molar-refractivity contribution >= 4 is 34.9 Å². The lowest BCUT2D eigenvalue weighted by molar-refractivity contribution is -0.167. The summed E-state index contributed by atoms with van der Waals surface area (Å²) in [5, 5.41) is 70.5. The van der Waals surface area contributed by atoms with Crippen molar-refractivity contribution in [2.75, 3.05) is 6.67 Å². The molecule has 2 spiro atoms. The molecule has 2 heterocycles. The number of benzene rings is 4. The number of aliphatic hydroxyl groups excluding tert-OH is 1. The molecule has 0 saturated heterocycles. The summed E-state index contributed by atoms with van der Waals surface area (Å²) in [5.41, 5.74) is 6.09. The Morgan fingerprint density at radius 1 is 0.770 bits per heavy atom. The number of aliphatic hydroxyl groups is 1. The van der Waals surface area contributed by atoms with Crippen molar-refractivity contribution in [3.05, 3.63) is 124 Å². The number of hydrogen-bond donors (Lipinski definition) is 7. The second kappa shape index (κ2) is 14.2. The van der Waals surface area contributed by atoms with Crippen LogP contribution in [0.25, 0.3) is 22.9 Å². The van der Waals surface area contributed by atoms with Gasteiger partial charge in [0.05, 0.1) is 23.2 Å². The van der Waals surface area contributed by atoms with E-state index in [-0.39, 0.29) is 63.0 Å². The van der Waals surface area contributed by atoms with Crippen LogP contribution in [0, 0.1) is 34.0 Å². The number of rotatable bonds is 7. The zero-order chi connectivity index (χ0) is 41.7. The standard InChI is InChI=1S/C52H53N3O6/c56-40-20-12-31(26-43(40)59)11-17-36-37-6-1-7-41(57)45(37)47(61)46(60)38(36)18-10-30-8-13-32(14-9-30)39-19-15-33-27-35-5-3-23-51(35)25-24-50-22-2-4-34(50)16-21-42(58)48(50)52(51,49(33)55-39)44-28-53-29-54-44/h1,6-9,11-17,19-21,26-28,34-35,39,42,48-49,55-61H,2-5,10,18,22-25,29H2/t34-,35-,39-,42+,48+,49+,50+,51-,52-/m1/s1. The topological polar surface area (TPSA) is 158 Å². The highest BCUT2D eigenvalue weighted by Crippen LogP contribution is 2.77. The van der Waals surface area contributed by atoms with Gasteiger partial charge in [-0.2, -0.15) is 0 Å². The van der Waals surface area contributed by atoms with Gasteiger partial charge in [0.1, 0.15) is 12.4 Å². The molecule has 7 N–H and O–H groups in total. The monoisotopic (exact) mass is 815 g/mol. The van der Waals surface area contributed by atoms with Crippen LogP contribution in [0.3, 0.4) is 0 Å². The molecule has 312 valence electrons. The van der Waals surface area contributed by atoms with Crippen LogP contribution in [0.2, 0.25) is 0 Å². The summed E-state index contributed by atoms with van der Waals surface area (Å²) in [7, 11) is 0. The van der Waals surface area contributed by atoms with E-state index in [1.807, 2.05) is 0 Å². The van der Waals surface area contributed by atoms with Crippen LogP contribution in [0.4, 0.5) is 0 Å². The Labute approximate surface area is 355 Å². The van der Waals surface area contributed by atoms with Crippen LogP contribution in [0.15, 0.2) is 107 Å². The van der Waals surface area contributed by atoms with Crippen molar-refractivity contribution in [2.45, 2.75) is 82.4 Å². The van der Waals surface area contributed by atoms with Crippen molar-refractivity contribution < 1.29 is 30.6 Å². The Morgan fingerprint density at radius 2 is 1.61 bits per heavy atom. The van der Waals surface area contributed by atoms with Gasteiger partial charge >= 0.3 is 0 Å². The van der Waals surface area contributed by atoms with Gasteiger partial charge in [0.15, 0.2) is 23.0 Å². The van der Waals surface area contributed by atoms with Crippen molar-refractivity contribution in [2.24, 2.45) is 44.0 Å². The minimum Gasteiger partial charge on any atom is -0.507 e. The quantitative estimate of drug-likeness (QED) is 0.0557. The van der Waals surface area contributed by atoms with Crippen molar-refractivity contribution in [3.63, 3.8) is 0 Å². The molecule has 3 fully saturated rings. The largest absolute Gasteiger partial charge is 0.507 e. The maximum absolute atomic E-state index is 12.4. The predicted molar refractivity (Wildman–Crippen MR) is 239 cm³/mol. The van der Waals surface area contributed by atoms with Gasteiger partial charge in [0.2, 0.25) is 0 Å². The molecule has 5 aliphatic carbocycles. The van der Waals surface area contributed by atoms with E-state index in [1.54, 1.807) is 30.4 Å². The molecule has 7 aliphatic rings. The molecule has 0 aromatic heterocycles. The number of hydrogen-bond acceptors (Lipinski definition) is 9. The molecule has 61 heavy (non-hydrogen) atoms. The van der Waals surface area contributed by atoms with Crippen LogP contribution < -0.4 is 5.32 Å². The fourth-order valence-corrected chi connectivity index (χ4v) is 14.0. The first kappa shape index (κ1) is 38.3. The normalized spacial score (nSPS) is 33.3. The summed E-state index contributed by atoms with van der Waals surface area (Å²) in [6.07, 6.45) is 27.2. The van der Waals surface area contributed by atoms with E-state index in [2.05, 4.69) is 66.2 Å². The fraction of sp³-hybridized carbons (Fsp3) is 0.385. The molecular formula is C52H53N3O6. The van der Waals surface area contributed by atoms with E-state index in [9.17, 15) is 30.6 Å². The molecular weight excluding hydrogens is 763 g/mol. The van der Waals surface area contributed by atoms with Crippen molar-refractivity contribution in [1.29, 1.82) is 0 Å². The number of aryl methyl sites for hydroxylation is 1. The highest BCUT2D eigenvalue weighted by atomic mass is 16.3. The molecule has 3 saturated carbocycles. The van der Waals surface area contributed by atoms with Gasteiger partial charge in [-0.05, 0) is 125 Å². The van der Waals surface area contributed by atoms with E-state index in [0.717, 1.165) is 36.1 Å². The zero-order valence-electron chi connectivity index (χ0n) is 34.2. The molecule has 11 rings (SSSR count). The third-order valence-corrected chi connectivity index (χ3v) is 16.4. The Hall–Kier alpha value is -5.64. The Balaban J connectivity index is 0.921. The summed E-state index contributed by atoms with van der Waals surface area (Å²) in [5.74, 6) is -0.283. The molecule has 0 unspecified atom stereocenters. The predicted octanol–water partition coefficient (Wildman–Crippen LogP) is 9.22. The van der Waals surface area contributed by atoms with Gasteiger partial charge in [-0.25, -0.2) is 0 Å². The molecule has 4 aromatic carbocycles. The molecule has 0 amide bonds. The summed E-state index contributed by atoms with van der Waals surface area (Å²) < 4.78 is 0. The summed E-state index contributed by atoms with van der Waals surface area (Å²) in [4.78, 5) is 10.00. The van der Waals surface area contributed by atoms with Crippen LogP contribution >= 0.6 is 0 Å². The minimum absolute atomic E-state index is 0.000457. The molecule has 4 aromatic rings. The van der Waals surface area contributed by atoms with Gasteiger partial charge in [0, 0.05) is 29.2 Å². The van der Waals surface area contributed by atoms with Crippen LogP contribution in [0.5, 0.6) is 28.7 Å². The Kier molecular flexibility index (Phi) is 8.92. The summed E-state index contributed by atoms with van der Waals surface area (Å²) in [6, 6.07) is 18.1. The van der Waals surface area contributed by atoms with E-state index < -0.39 is 11.5 Å². The highest BCUT2D eigenvalue weighted by molar-refractivity contribution is 6.35. The smallest absolute Gasteiger partial charge is 0.169 e. The molecule has 0 radical (unpaired) electrons. The van der Waals surface area contributed by atoms with E-state index in [1.165, 1.54) is 55.9 Å². The lowest BCUT2D eigenvalue weighted by atomic mass is 9.34. The average Bonchev–Trinajstić information content (AvgIpc) is 4.05. The summed E-state index contributed by atoms with van der Waals surface area (Å²) in [6.45, 7) is 0.458. The second-order valence-electron chi connectivity index (χ2n) is 18.8. The minimum atomic E-state index is -0.541. The van der Waals surface area contributed by atoms with E-state index in [4.69, 9.17) is 9.98 Å². The van der Waals surface area contributed by atoms with Crippen molar-refractivity contribution in [1.82, 2.24) is 5.32 Å². The van der Waals surface area contributed by atoms with Gasteiger partial charge in [-0.15, -0.1) is 0 Å². The van der Waals surface area contributed by atoms with Crippen LogP contribution in [0.1, 0.15) is 85.2 Å². The number of phenolic OH excluding ortho intramolecular Hbond substituents is 5. The number of nitrogens with one attached hydrogen (secondary N) is 1. The lowest BCUT2D eigenvalue weighted by Crippen LogP contribution is -2.74. The zero-order valence-corrected chi connectivity index (χ0v) is 34.2. The summed E-state index contributed by atoms with van der Waals surface area (Å²) >= 11 is 0. The number of aliphatic imine (C=N–C) groups is 2. The molecule has 9 heteroatoms. The number of aromatic hydroxyl groups is 5. The van der Waals surface area contributed by atoms with E-state index in [0.29, 0.717) is 53.4 Å². The van der Waals surface area contributed by atoms with E-state index >= 15 is 0 Å². The fourth-order valence-electron chi connectivity index (χ4n) is 14.0. The first-order valence-corrected chi connectivity index (χ1v) is 22.2. The first-order valence-electron chi connectivity index (χ1n) is 22.2. The van der Waals surface area contributed by atoms with Crippen LogP contribution in [-0.4, -0.2) is 61.4 Å². The van der Waals surface area contributed by atoms with Crippen LogP contribution in [-0.2, 0) is 12.8 Å². The number of nitrogens with zero attached hydrogens (tertiary/aromatic N) is 2. The van der Waals surface area contributed by atoms with Crippen molar-refractivity contribution in [3.8, 4) is 28.7 Å². The Bertz CT molecular complexity index is 2640. The van der Waals surface area contributed by atoms with Gasteiger partial charge in [-0.1, -0.05) is 97.8 Å². The van der Waals surface area contributed by atoms with Gasteiger partial charge < -0.3 is 30.6 Å².